The molecule has 1 heterocycles. The third kappa shape index (κ3) is 3.31. The molecule has 7 heteroatoms. The molecule has 1 amide bonds. The van der Waals surface area contributed by atoms with Gasteiger partial charge in [0.25, 0.3) is 0 Å². The molecule has 0 spiro atoms. The predicted molar refractivity (Wildman–Crippen MR) is 73.3 cm³/mol. The van der Waals surface area contributed by atoms with Gasteiger partial charge in [0.05, 0.1) is 11.4 Å². The molecule has 1 aromatic carbocycles. The number of amides is 1. The summed E-state index contributed by atoms with van der Waals surface area (Å²) in [6.45, 7) is 4.51. The standard InChI is InChI=1S/C12H15N5OS/c1-3-13-11(18)8-19-12-14-15-16-17(12)10-7-5-4-6-9(10)2/h4-7H,3,8H2,1-2H3,(H,13,18). The Morgan fingerprint density at radius 1 is 1.42 bits per heavy atom. The molecule has 0 fully saturated rings. The number of aromatic nitrogens is 4. The second-order valence-corrected chi connectivity index (χ2v) is 4.84. The Kier molecular flexibility index (Phi) is 4.51. The number of rotatable bonds is 5. The lowest BCUT2D eigenvalue weighted by molar-refractivity contribution is -0.118. The molecular weight excluding hydrogens is 262 g/mol. The van der Waals surface area contributed by atoms with Crippen LogP contribution >= 0.6 is 11.8 Å². The quantitative estimate of drug-likeness (QED) is 0.831. The highest BCUT2D eigenvalue weighted by Gasteiger charge is 2.12. The van der Waals surface area contributed by atoms with Gasteiger partial charge in [-0.1, -0.05) is 30.0 Å². The molecule has 0 aliphatic heterocycles. The highest BCUT2D eigenvalue weighted by atomic mass is 32.2. The summed E-state index contributed by atoms with van der Waals surface area (Å²) >= 11 is 1.32. The van der Waals surface area contributed by atoms with Crippen LogP contribution in [0.25, 0.3) is 5.69 Å². The minimum Gasteiger partial charge on any atom is -0.356 e. The average molecular weight is 277 g/mol. The number of aryl methyl sites for hydroxylation is 1. The summed E-state index contributed by atoms with van der Waals surface area (Å²) in [7, 11) is 0. The first kappa shape index (κ1) is 13.5. The monoisotopic (exact) mass is 277 g/mol. The fraction of sp³-hybridized carbons (Fsp3) is 0.333. The maximum absolute atomic E-state index is 11.4. The largest absolute Gasteiger partial charge is 0.356 e. The van der Waals surface area contributed by atoms with Crippen LogP contribution in [0.3, 0.4) is 0 Å². The van der Waals surface area contributed by atoms with E-state index in [1.165, 1.54) is 11.8 Å². The number of tetrazole rings is 1. The fourth-order valence-electron chi connectivity index (χ4n) is 1.60. The average Bonchev–Trinajstić information content (AvgIpc) is 2.85. The van der Waals surface area contributed by atoms with Gasteiger partial charge in [-0.2, -0.15) is 4.68 Å². The van der Waals surface area contributed by atoms with Crippen LogP contribution in [0.2, 0.25) is 0 Å². The summed E-state index contributed by atoms with van der Waals surface area (Å²) in [6, 6.07) is 7.84. The van der Waals surface area contributed by atoms with Crippen LogP contribution in [0.5, 0.6) is 0 Å². The Morgan fingerprint density at radius 3 is 2.95 bits per heavy atom. The highest BCUT2D eigenvalue weighted by Crippen LogP contribution is 2.19. The summed E-state index contributed by atoms with van der Waals surface area (Å²) in [6.07, 6.45) is 0. The normalized spacial score (nSPS) is 10.4. The molecule has 6 nitrogen and oxygen atoms in total. The van der Waals surface area contributed by atoms with Gasteiger partial charge in [0, 0.05) is 6.54 Å². The van der Waals surface area contributed by atoms with Crippen LogP contribution in [0, 0.1) is 6.92 Å². The van der Waals surface area contributed by atoms with E-state index < -0.39 is 0 Å². The molecule has 0 unspecified atom stereocenters. The third-order valence-electron chi connectivity index (χ3n) is 2.49. The van der Waals surface area contributed by atoms with E-state index in [2.05, 4.69) is 20.8 Å². The number of hydrogen-bond acceptors (Lipinski definition) is 5. The molecule has 0 bridgehead atoms. The third-order valence-corrected chi connectivity index (χ3v) is 3.41. The molecule has 0 aliphatic rings. The van der Waals surface area contributed by atoms with E-state index in [-0.39, 0.29) is 5.91 Å². The summed E-state index contributed by atoms with van der Waals surface area (Å²) < 4.78 is 1.65. The predicted octanol–water partition coefficient (Wildman–Crippen LogP) is 1.20. The Morgan fingerprint density at radius 2 is 2.21 bits per heavy atom. The van der Waals surface area contributed by atoms with Crippen LogP contribution in [-0.2, 0) is 4.79 Å². The number of benzene rings is 1. The van der Waals surface area contributed by atoms with Crippen LogP contribution in [-0.4, -0.2) is 38.4 Å². The molecule has 0 aliphatic carbocycles. The first-order chi connectivity index (χ1) is 9.22. The van der Waals surface area contributed by atoms with Crippen molar-refractivity contribution < 1.29 is 4.79 Å². The van der Waals surface area contributed by atoms with Gasteiger partial charge in [0.15, 0.2) is 0 Å². The van der Waals surface area contributed by atoms with Crippen molar-refractivity contribution in [3.05, 3.63) is 29.8 Å². The number of thioether (sulfide) groups is 1. The second kappa shape index (κ2) is 6.33. The first-order valence-corrected chi connectivity index (χ1v) is 6.94. The number of nitrogens with zero attached hydrogens (tertiary/aromatic N) is 4. The summed E-state index contributed by atoms with van der Waals surface area (Å²) in [5.74, 6) is 0.284. The summed E-state index contributed by atoms with van der Waals surface area (Å²) in [4.78, 5) is 11.4. The van der Waals surface area contributed by atoms with Crippen molar-refractivity contribution in [2.75, 3.05) is 12.3 Å². The van der Waals surface area contributed by atoms with Crippen molar-refractivity contribution in [3.8, 4) is 5.69 Å². The van der Waals surface area contributed by atoms with Gasteiger partial charge in [-0.15, -0.1) is 5.10 Å². The van der Waals surface area contributed by atoms with Gasteiger partial charge >= 0.3 is 0 Å². The van der Waals surface area contributed by atoms with E-state index in [0.717, 1.165) is 11.3 Å². The molecule has 1 aromatic heterocycles. The van der Waals surface area contributed by atoms with Gasteiger partial charge in [0.1, 0.15) is 0 Å². The topological polar surface area (TPSA) is 72.7 Å². The zero-order valence-corrected chi connectivity index (χ0v) is 11.6. The number of para-hydroxylation sites is 1. The minimum atomic E-state index is -0.0215. The van der Waals surface area contributed by atoms with Gasteiger partial charge in [-0.05, 0) is 35.9 Å². The van der Waals surface area contributed by atoms with Crippen molar-refractivity contribution in [1.82, 2.24) is 25.5 Å². The van der Waals surface area contributed by atoms with Crippen LogP contribution in [0.15, 0.2) is 29.4 Å². The van der Waals surface area contributed by atoms with Gasteiger partial charge in [-0.25, -0.2) is 0 Å². The van der Waals surface area contributed by atoms with E-state index in [4.69, 9.17) is 0 Å². The van der Waals surface area contributed by atoms with Crippen molar-refractivity contribution >= 4 is 17.7 Å². The Labute approximate surface area is 115 Å². The van der Waals surface area contributed by atoms with Crippen molar-refractivity contribution in [2.24, 2.45) is 0 Å². The van der Waals surface area contributed by atoms with Crippen molar-refractivity contribution in [2.45, 2.75) is 19.0 Å². The molecule has 100 valence electrons. The molecule has 2 rings (SSSR count). The molecule has 0 atom stereocenters. The van der Waals surface area contributed by atoms with E-state index in [1.807, 2.05) is 38.1 Å². The fourth-order valence-corrected chi connectivity index (χ4v) is 2.31. The molecule has 0 saturated heterocycles. The highest BCUT2D eigenvalue weighted by molar-refractivity contribution is 7.99. The van der Waals surface area contributed by atoms with E-state index in [1.54, 1.807) is 4.68 Å². The number of carbonyl (C=O) groups excluding carboxylic acids is 1. The number of hydrogen-bond donors (Lipinski definition) is 1. The number of carbonyl (C=O) groups is 1. The zero-order chi connectivity index (χ0) is 13.7. The molecule has 1 N–H and O–H groups in total. The van der Waals surface area contributed by atoms with Crippen LogP contribution in [0.1, 0.15) is 12.5 Å². The summed E-state index contributed by atoms with van der Waals surface area (Å²) in [5, 5.41) is 15.0. The Hall–Kier alpha value is -1.89. The van der Waals surface area contributed by atoms with E-state index in [9.17, 15) is 4.79 Å². The summed E-state index contributed by atoms with van der Waals surface area (Å²) in [5.41, 5.74) is 2.00. The van der Waals surface area contributed by atoms with Crippen molar-refractivity contribution in [1.29, 1.82) is 0 Å². The van der Waals surface area contributed by atoms with E-state index >= 15 is 0 Å². The number of nitrogens with one attached hydrogen (secondary N) is 1. The lowest BCUT2D eigenvalue weighted by Gasteiger charge is -2.06. The molecule has 19 heavy (non-hydrogen) atoms. The molecule has 0 radical (unpaired) electrons. The van der Waals surface area contributed by atoms with E-state index in [0.29, 0.717) is 17.5 Å². The van der Waals surface area contributed by atoms with Crippen LogP contribution < -0.4 is 5.32 Å². The maximum atomic E-state index is 11.4. The van der Waals surface area contributed by atoms with Gasteiger partial charge < -0.3 is 5.32 Å². The Balaban J connectivity index is 2.14. The minimum absolute atomic E-state index is 0.0215. The SMILES string of the molecule is CCNC(=O)CSc1nnnn1-c1ccccc1C. The van der Waals surface area contributed by atoms with Crippen molar-refractivity contribution in [3.63, 3.8) is 0 Å². The molecular formula is C12H15N5OS. The van der Waals surface area contributed by atoms with Crippen LogP contribution in [0.4, 0.5) is 0 Å². The van der Waals surface area contributed by atoms with Gasteiger partial charge in [0.2, 0.25) is 11.1 Å². The first-order valence-electron chi connectivity index (χ1n) is 5.96. The van der Waals surface area contributed by atoms with Gasteiger partial charge in [-0.3, -0.25) is 4.79 Å². The zero-order valence-electron chi connectivity index (χ0n) is 10.8. The molecule has 0 saturated carbocycles. The maximum Gasteiger partial charge on any atom is 0.230 e. The lowest BCUT2D eigenvalue weighted by Crippen LogP contribution is -2.24. The smallest absolute Gasteiger partial charge is 0.230 e. The Bertz CT molecular complexity index is 569. The lowest BCUT2D eigenvalue weighted by atomic mass is 10.2. The molecule has 2 aromatic rings. The second-order valence-electron chi connectivity index (χ2n) is 3.90.